The van der Waals surface area contributed by atoms with Crippen LogP contribution in [0.2, 0.25) is 5.02 Å². The number of benzene rings is 1. The summed E-state index contributed by atoms with van der Waals surface area (Å²) in [5.41, 5.74) is 2.35. The van der Waals surface area contributed by atoms with Crippen LogP contribution < -0.4 is 4.74 Å². The number of hydrogen-bond acceptors (Lipinski definition) is 4. The number of aromatic nitrogens is 3. The van der Waals surface area contributed by atoms with Gasteiger partial charge in [-0.1, -0.05) is 23.7 Å². The van der Waals surface area contributed by atoms with E-state index in [1.54, 1.807) is 18.5 Å². The first kappa shape index (κ1) is 17.2. The second-order valence-corrected chi connectivity index (χ2v) is 6.02. The molecule has 0 aliphatic heterocycles. The van der Waals surface area contributed by atoms with Crippen molar-refractivity contribution in [1.82, 2.24) is 14.5 Å². The zero-order valence-electron chi connectivity index (χ0n) is 13.9. The molecule has 1 aromatic carbocycles. The Morgan fingerprint density at radius 1 is 1.24 bits per heavy atom. The molecule has 5 nitrogen and oxygen atoms in total. The average Bonchev–Trinajstić information content (AvgIpc) is 3.02. The predicted molar refractivity (Wildman–Crippen MR) is 96.2 cm³/mol. The van der Waals surface area contributed by atoms with E-state index in [-0.39, 0.29) is 12.2 Å². The molecule has 0 spiro atoms. The highest BCUT2D eigenvalue weighted by molar-refractivity contribution is 6.30. The number of imidazole rings is 1. The Bertz CT molecular complexity index is 859. The maximum absolute atomic E-state index is 12.3. The second-order valence-electron chi connectivity index (χ2n) is 5.59. The Kier molecular flexibility index (Phi) is 5.46. The Morgan fingerprint density at radius 2 is 2.12 bits per heavy atom. The lowest BCUT2D eigenvalue weighted by Gasteiger charge is -2.03. The van der Waals surface area contributed by atoms with E-state index in [1.165, 1.54) is 6.20 Å². The highest BCUT2D eigenvalue weighted by Crippen LogP contribution is 2.13. The lowest BCUT2D eigenvalue weighted by atomic mass is 10.1. The van der Waals surface area contributed by atoms with Crippen molar-refractivity contribution < 1.29 is 9.53 Å². The van der Waals surface area contributed by atoms with E-state index in [4.69, 9.17) is 16.3 Å². The number of Topliss-reactive ketones (excluding diaryl/α,β-unsaturated/α-hetero) is 1. The van der Waals surface area contributed by atoms with E-state index in [0.29, 0.717) is 29.6 Å². The molecule has 2 aromatic heterocycles. The maximum atomic E-state index is 12.3. The molecule has 0 saturated heterocycles. The van der Waals surface area contributed by atoms with Crippen molar-refractivity contribution in [2.75, 3.05) is 6.61 Å². The lowest BCUT2D eigenvalue weighted by Crippen LogP contribution is -2.05. The maximum Gasteiger partial charge on any atom is 0.213 e. The molecule has 0 radical (unpaired) electrons. The average molecular weight is 356 g/mol. The van der Waals surface area contributed by atoms with Gasteiger partial charge in [0.15, 0.2) is 5.78 Å². The van der Waals surface area contributed by atoms with E-state index < -0.39 is 0 Å². The molecular formula is C19H18ClN3O2. The summed E-state index contributed by atoms with van der Waals surface area (Å²) in [6.07, 6.45) is 5.37. The minimum atomic E-state index is -0.0245. The summed E-state index contributed by atoms with van der Waals surface area (Å²) in [6.45, 7) is 3.09. The molecular weight excluding hydrogens is 338 g/mol. The van der Waals surface area contributed by atoms with Crippen LogP contribution in [0.4, 0.5) is 0 Å². The Hall–Kier alpha value is -2.66. The molecule has 0 fully saturated rings. The summed E-state index contributed by atoms with van der Waals surface area (Å²) in [5.74, 6) is 0.494. The van der Waals surface area contributed by atoms with Gasteiger partial charge in [-0.15, -0.1) is 0 Å². The summed E-state index contributed by atoms with van der Waals surface area (Å²) in [4.78, 5) is 20.8. The molecule has 0 aliphatic carbocycles. The smallest absolute Gasteiger partial charge is 0.213 e. The summed E-state index contributed by atoms with van der Waals surface area (Å²) in [6, 6.07) is 11.1. The second kappa shape index (κ2) is 7.94. The molecule has 3 rings (SSSR count). The van der Waals surface area contributed by atoms with Crippen molar-refractivity contribution in [2.24, 2.45) is 0 Å². The molecule has 0 N–H and O–H groups in total. The third kappa shape index (κ3) is 4.67. The van der Waals surface area contributed by atoms with Gasteiger partial charge in [0.2, 0.25) is 5.88 Å². The predicted octanol–water partition coefficient (Wildman–Crippen LogP) is 3.80. The van der Waals surface area contributed by atoms with Gasteiger partial charge in [0.25, 0.3) is 0 Å². The number of pyridine rings is 1. The first-order chi connectivity index (χ1) is 12.1. The number of ketones is 1. The van der Waals surface area contributed by atoms with Crippen molar-refractivity contribution in [3.8, 4) is 5.88 Å². The third-order valence-corrected chi connectivity index (χ3v) is 3.87. The zero-order valence-corrected chi connectivity index (χ0v) is 14.6. The number of nitrogens with zero attached hydrogens (tertiary/aromatic N) is 3. The number of carbonyl (C=O) groups excluding carboxylic acids is 1. The van der Waals surface area contributed by atoms with Crippen LogP contribution in [0.1, 0.15) is 28.5 Å². The standard InChI is InChI=1S/C19H18ClN3O2/c1-2-25-19-7-6-15(10-21-19)18(24)9-17-12-23(13-22-17)11-14-4-3-5-16(20)8-14/h3-8,10,12-13H,2,9,11H2,1H3. The molecule has 128 valence electrons. The quantitative estimate of drug-likeness (QED) is 0.605. The van der Waals surface area contributed by atoms with Crippen LogP contribution in [0.5, 0.6) is 5.88 Å². The third-order valence-electron chi connectivity index (χ3n) is 3.63. The van der Waals surface area contributed by atoms with Gasteiger partial charge in [0.05, 0.1) is 25.0 Å². The number of ether oxygens (including phenoxy) is 1. The molecule has 3 aromatic rings. The van der Waals surface area contributed by atoms with Crippen molar-refractivity contribution in [1.29, 1.82) is 0 Å². The number of rotatable bonds is 7. The fourth-order valence-corrected chi connectivity index (χ4v) is 2.69. The van der Waals surface area contributed by atoms with Crippen molar-refractivity contribution in [2.45, 2.75) is 19.9 Å². The fourth-order valence-electron chi connectivity index (χ4n) is 2.48. The molecule has 0 unspecified atom stereocenters. The molecule has 2 heterocycles. The van der Waals surface area contributed by atoms with Crippen molar-refractivity contribution in [3.05, 3.63) is 77.0 Å². The fraction of sp³-hybridized carbons (Fsp3) is 0.211. The molecule has 0 amide bonds. The summed E-state index contributed by atoms with van der Waals surface area (Å²) in [5, 5.41) is 0.705. The molecule has 0 bridgehead atoms. The minimum absolute atomic E-state index is 0.0245. The SMILES string of the molecule is CCOc1ccc(C(=O)Cc2cn(Cc3cccc(Cl)c3)cn2)cn1. The van der Waals surface area contributed by atoms with Gasteiger partial charge < -0.3 is 9.30 Å². The van der Waals surface area contributed by atoms with Crippen molar-refractivity contribution >= 4 is 17.4 Å². The van der Waals surface area contributed by atoms with E-state index in [9.17, 15) is 4.79 Å². The zero-order chi connectivity index (χ0) is 17.6. The highest BCUT2D eigenvalue weighted by atomic mass is 35.5. The van der Waals surface area contributed by atoms with Gasteiger partial charge in [-0.3, -0.25) is 4.79 Å². The first-order valence-corrected chi connectivity index (χ1v) is 8.39. The largest absolute Gasteiger partial charge is 0.478 e. The van der Waals surface area contributed by atoms with Gasteiger partial charge in [0, 0.05) is 35.6 Å². The van der Waals surface area contributed by atoms with Crippen LogP contribution in [0.15, 0.2) is 55.1 Å². The van der Waals surface area contributed by atoms with Gasteiger partial charge in [0.1, 0.15) is 0 Å². The van der Waals surface area contributed by atoms with E-state index >= 15 is 0 Å². The number of hydrogen-bond donors (Lipinski definition) is 0. The molecule has 25 heavy (non-hydrogen) atoms. The monoisotopic (exact) mass is 355 g/mol. The van der Waals surface area contributed by atoms with Gasteiger partial charge >= 0.3 is 0 Å². The van der Waals surface area contributed by atoms with Crippen LogP contribution in [-0.2, 0) is 13.0 Å². The van der Waals surface area contributed by atoms with Crippen LogP contribution in [0.25, 0.3) is 0 Å². The summed E-state index contributed by atoms with van der Waals surface area (Å²) < 4.78 is 7.21. The normalized spacial score (nSPS) is 10.6. The minimum Gasteiger partial charge on any atom is -0.478 e. The molecule has 0 aliphatic rings. The Morgan fingerprint density at radius 3 is 2.84 bits per heavy atom. The lowest BCUT2D eigenvalue weighted by molar-refractivity contribution is 0.0991. The first-order valence-electron chi connectivity index (χ1n) is 8.01. The Labute approximate surface area is 151 Å². The van der Waals surface area contributed by atoms with Crippen LogP contribution in [-0.4, -0.2) is 26.9 Å². The van der Waals surface area contributed by atoms with Crippen LogP contribution >= 0.6 is 11.6 Å². The number of halogens is 1. The highest BCUT2D eigenvalue weighted by Gasteiger charge is 2.10. The molecule has 6 heteroatoms. The molecule has 0 saturated carbocycles. The van der Waals surface area contributed by atoms with Crippen LogP contribution in [0.3, 0.4) is 0 Å². The molecule has 0 atom stereocenters. The Balaban J connectivity index is 1.63. The summed E-state index contributed by atoms with van der Waals surface area (Å²) >= 11 is 6.00. The summed E-state index contributed by atoms with van der Waals surface area (Å²) in [7, 11) is 0. The van der Waals surface area contributed by atoms with Crippen LogP contribution in [0, 0.1) is 0 Å². The van der Waals surface area contributed by atoms with E-state index in [1.807, 2.05) is 42.0 Å². The van der Waals surface area contributed by atoms with Gasteiger partial charge in [-0.2, -0.15) is 0 Å². The van der Waals surface area contributed by atoms with E-state index in [0.717, 1.165) is 11.3 Å². The van der Waals surface area contributed by atoms with Gasteiger partial charge in [-0.05, 0) is 30.7 Å². The van der Waals surface area contributed by atoms with E-state index in [2.05, 4.69) is 9.97 Å². The topological polar surface area (TPSA) is 57.0 Å². The van der Waals surface area contributed by atoms with Crippen molar-refractivity contribution in [3.63, 3.8) is 0 Å². The number of carbonyl (C=O) groups is 1. The van der Waals surface area contributed by atoms with Gasteiger partial charge in [-0.25, -0.2) is 9.97 Å².